The van der Waals surface area contributed by atoms with Crippen molar-refractivity contribution in [2.24, 2.45) is 15.9 Å². The maximum atomic E-state index is 5.20. The molecular weight excluding hydrogens is 629 g/mol. The standard InChI is InChI=1S/C50H48N2/c1-35-29-31-50(32-30-35,48-27-23-42(24-28-48)45-19-17-40-13-7-9-15-43(40)33-45)47-25-21-39(22-26-47)37(3)52-49(51-36(2)38-11-5-4-6-12-38)46-20-18-41-14-8-10-16-44(41)34-46/h5,8-12,14-28,33-35H,2,4,6-7,13,29-32H2,1,3H3/b51-49-,52-37+. The summed E-state index contributed by atoms with van der Waals surface area (Å²) in [6, 6.07) is 40.6. The molecule has 0 saturated heterocycles. The van der Waals surface area contributed by atoms with Gasteiger partial charge in [-0.2, -0.15) is 0 Å². The SMILES string of the molecule is C=C(/N=C(\N=C(/C)c1ccc(C2(c3ccc(-c4ccc5c(c4)C=CCC5)cc3)CCC(C)CC2)cc1)c1ccc2ccccc2c1)C1=CCCC=C1. The Kier molecular flexibility index (Phi) is 9.56. The molecule has 258 valence electrons. The molecule has 52 heavy (non-hydrogen) atoms. The summed E-state index contributed by atoms with van der Waals surface area (Å²) in [4.78, 5) is 10.3. The average molecular weight is 677 g/mol. The van der Waals surface area contributed by atoms with Crippen molar-refractivity contribution in [3.63, 3.8) is 0 Å². The molecule has 5 aromatic carbocycles. The van der Waals surface area contributed by atoms with Crippen LogP contribution in [0, 0.1) is 5.92 Å². The second-order valence-corrected chi connectivity index (χ2v) is 15.1. The van der Waals surface area contributed by atoms with Gasteiger partial charge in [-0.15, -0.1) is 0 Å². The molecule has 0 bridgehead atoms. The molecule has 0 aliphatic heterocycles. The van der Waals surface area contributed by atoms with Gasteiger partial charge in [-0.3, -0.25) is 0 Å². The zero-order chi connectivity index (χ0) is 35.5. The Morgan fingerprint density at radius 1 is 0.673 bits per heavy atom. The van der Waals surface area contributed by atoms with Crippen molar-refractivity contribution in [1.29, 1.82) is 0 Å². The Bertz CT molecular complexity index is 2270. The molecule has 5 aromatic rings. The third-order valence-electron chi connectivity index (χ3n) is 11.6. The molecule has 0 aromatic heterocycles. The maximum Gasteiger partial charge on any atom is 0.160 e. The third kappa shape index (κ3) is 6.95. The Balaban J connectivity index is 1.11. The highest BCUT2D eigenvalue weighted by Gasteiger charge is 2.37. The van der Waals surface area contributed by atoms with Gasteiger partial charge in [0.25, 0.3) is 0 Å². The first kappa shape index (κ1) is 33.8. The van der Waals surface area contributed by atoms with Gasteiger partial charge in [-0.05, 0) is 132 Å². The lowest BCUT2D eigenvalue weighted by Crippen LogP contribution is -2.32. The van der Waals surface area contributed by atoms with Crippen LogP contribution in [0.4, 0.5) is 0 Å². The predicted molar refractivity (Wildman–Crippen MR) is 222 cm³/mol. The van der Waals surface area contributed by atoms with Gasteiger partial charge < -0.3 is 0 Å². The van der Waals surface area contributed by atoms with Crippen LogP contribution in [0.25, 0.3) is 28.0 Å². The van der Waals surface area contributed by atoms with Crippen LogP contribution in [-0.2, 0) is 11.8 Å². The average Bonchev–Trinajstić information content (AvgIpc) is 3.21. The summed E-state index contributed by atoms with van der Waals surface area (Å²) in [5.74, 6) is 1.44. The number of allylic oxidation sites excluding steroid dienone is 4. The Morgan fingerprint density at radius 3 is 2.12 bits per heavy atom. The minimum Gasteiger partial charge on any atom is -0.233 e. The number of rotatable bonds is 7. The molecular formula is C50H48N2. The van der Waals surface area contributed by atoms with Crippen molar-refractivity contribution in [2.75, 3.05) is 0 Å². The normalized spacial score (nSPS) is 20.4. The van der Waals surface area contributed by atoms with Crippen LogP contribution in [0.1, 0.15) is 92.2 Å². The van der Waals surface area contributed by atoms with E-state index in [0.717, 1.165) is 72.6 Å². The van der Waals surface area contributed by atoms with E-state index in [0.29, 0.717) is 5.84 Å². The molecule has 0 atom stereocenters. The number of fused-ring (bicyclic) bond motifs is 2. The van der Waals surface area contributed by atoms with Crippen LogP contribution >= 0.6 is 0 Å². The number of hydrogen-bond acceptors (Lipinski definition) is 1. The maximum absolute atomic E-state index is 5.20. The summed E-state index contributed by atoms with van der Waals surface area (Å²) in [7, 11) is 0. The van der Waals surface area contributed by atoms with Crippen molar-refractivity contribution in [2.45, 2.75) is 70.6 Å². The quantitative estimate of drug-likeness (QED) is 0.121. The van der Waals surface area contributed by atoms with E-state index < -0.39 is 0 Å². The molecule has 2 heteroatoms. The van der Waals surface area contributed by atoms with Crippen LogP contribution in [0.15, 0.2) is 161 Å². The van der Waals surface area contributed by atoms with Gasteiger partial charge in [0.15, 0.2) is 5.84 Å². The van der Waals surface area contributed by atoms with Crippen LogP contribution in [0.5, 0.6) is 0 Å². The van der Waals surface area contributed by atoms with Gasteiger partial charge in [0.2, 0.25) is 0 Å². The Hall–Kier alpha value is -5.34. The summed E-state index contributed by atoms with van der Waals surface area (Å²) < 4.78 is 0. The van der Waals surface area contributed by atoms with Crippen LogP contribution in [0.2, 0.25) is 0 Å². The first-order chi connectivity index (χ1) is 25.4. The molecule has 0 heterocycles. The van der Waals surface area contributed by atoms with Gasteiger partial charge in [-0.1, -0.05) is 141 Å². The zero-order valence-corrected chi connectivity index (χ0v) is 30.6. The molecule has 0 unspecified atom stereocenters. The minimum absolute atomic E-state index is 0.00387. The van der Waals surface area contributed by atoms with Gasteiger partial charge >= 0.3 is 0 Å². The summed E-state index contributed by atoms with van der Waals surface area (Å²) in [6.07, 6.45) is 20.3. The van der Waals surface area contributed by atoms with E-state index in [4.69, 9.17) is 9.98 Å². The smallest absolute Gasteiger partial charge is 0.160 e. The first-order valence-corrected chi connectivity index (χ1v) is 19.2. The lowest BCUT2D eigenvalue weighted by Gasteiger charge is -2.41. The summed E-state index contributed by atoms with van der Waals surface area (Å²) in [5, 5.41) is 2.38. The minimum atomic E-state index is 0.00387. The van der Waals surface area contributed by atoms with Gasteiger partial charge in [0.05, 0.1) is 5.70 Å². The highest BCUT2D eigenvalue weighted by molar-refractivity contribution is 6.12. The van der Waals surface area contributed by atoms with Crippen LogP contribution in [-0.4, -0.2) is 11.5 Å². The number of aryl methyl sites for hydroxylation is 1. The number of hydrogen-bond donors (Lipinski definition) is 0. The van der Waals surface area contributed by atoms with Crippen molar-refractivity contribution >= 4 is 28.4 Å². The summed E-state index contributed by atoms with van der Waals surface area (Å²) in [6.45, 7) is 8.86. The van der Waals surface area contributed by atoms with E-state index in [9.17, 15) is 0 Å². The van der Waals surface area contributed by atoms with Crippen molar-refractivity contribution in [3.8, 4) is 11.1 Å². The largest absolute Gasteiger partial charge is 0.233 e. The fraction of sp³-hybridized carbons (Fsp3) is 0.240. The van der Waals surface area contributed by atoms with E-state index in [2.05, 4.69) is 160 Å². The number of amidine groups is 1. The van der Waals surface area contributed by atoms with Crippen LogP contribution < -0.4 is 0 Å². The zero-order valence-electron chi connectivity index (χ0n) is 30.6. The fourth-order valence-electron chi connectivity index (χ4n) is 8.34. The van der Waals surface area contributed by atoms with E-state index >= 15 is 0 Å². The molecule has 0 N–H and O–H groups in total. The molecule has 1 saturated carbocycles. The second-order valence-electron chi connectivity index (χ2n) is 15.1. The Morgan fingerprint density at radius 2 is 1.37 bits per heavy atom. The molecule has 0 spiro atoms. The highest BCUT2D eigenvalue weighted by Crippen LogP contribution is 2.47. The molecule has 8 rings (SSSR count). The molecule has 0 radical (unpaired) electrons. The number of aliphatic imine (C=N–C) groups is 2. The number of nitrogens with zero attached hydrogens (tertiary/aromatic N) is 2. The molecule has 2 nitrogen and oxygen atoms in total. The van der Waals surface area contributed by atoms with E-state index in [1.165, 1.54) is 57.0 Å². The van der Waals surface area contributed by atoms with Crippen LogP contribution in [0.3, 0.4) is 0 Å². The van der Waals surface area contributed by atoms with Crippen molar-refractivity contribution in [3.05, 3.63) is 185 Å². The van der Waals surface area contributed by atoms with E-state index in [-0.39, 0.29) is 5.41 Å². The summed E-state index contributed by atoms with van der Waals surface area (Å²) in [5.41, 5.74) is 13.1. The van der Waals surface area contributed by atoms with E-state index in [1.807, 2.05) is 0 Å². The van der Waals surface area contributed by atoms with E-state index in [1.54, 1.807) is 0 Å². The summed E-state index contributed by atoms with van der Waals surface area (Å²) >= 11 is 0. The first-order valence-electron chi connectivity index (χ1n) is 19.2. The lowest BCUT2D eigenvalue weighted by molar-refractivity contribution is 0.280. The lowest BCUT2D eigenvalue weighted by atomic mass is 9.63. The highest BCUT2D eigenvalue weighted by atomic mass is 14.9. The number of benzene rings is 5. The fourth-order valence-corrected chi connectivity index (χ4v) is 8.34. The third-order valence-corrected chi connectivity index (χ3v) is 11.6. The molecule has 0 amide bonds. The topological polar surface area (TPSA) is 24.7 Å². The second kappa shape index (κ2) is 14.7. The molecule has 3 aliphatic carbocycles. The van der Waals surface area contributed by atoms with Gasteiger partial charge in [0.1, 0.15) is 0 Å². The molecule has 3 aliphatic rings. The molecule has 1 fully saturated rings. The van der Waals surface area contributed by atoms with Gasteiger partial charge in [0, 0.05) is 16.7 Å². The van der Waals surface area contributed by atoms with Crippen molar-refractivity contribution in [1.82, 2.24) is 0 Å². The van der Waals surface area contributed by atoms with Crippen molar-refractivity contribution < 1.29 is 0 Å². The monoisotopic (exact) mass is 676 g/mol. The predicted octanol–water partition coefficient (Wildman–Crippen LogP) is 13.0. The van der Waals surface area contributed by atoms with Gasteiger partial charge in [-0.25, -0.2) is 9.98 Å². The Labute approximate surface area is 309 Å².